The fourth-order valence-corrected chi connectivity index (χ4v) is 7.15. The third-order valence-electron chi connectivity index (χ3n) is 7.87. The van der Waals surface area contributed by atoms with E-state index in [4.69, 9.17) is 4.74 Å². The topological polar surface area (TPSA) is 75.9 Å². The van der Waals surface area contributed by atoms with E-state index in [1.807, 2.05) is 7.05 Å². The number of carbonyl (C=O) groups excluding carboxylic acids is 1. The molecule has 162 valence electrons. The molecule has 1 amide bonds. The minimum absolute atomic E-state index is 0.0290. The van der Waals surface area contributed by atoms with Crippen LogP contribution in [0.3, 0.4) is 0 Å². The molecule has 4 saturated carbocycles. The maximum Gasteiger partial charge on any atom is 0.293 e. The molecule has 6 rings (SSSR count). The van der Waals surface area contributed by atoms with E-state index in [2.05, 4.69) is 4.90 Å². The second kappa shape index (κ2) is 7.52. The Morgan fingerprint density at radius 2 is 1.77 bits per heavy atom. The van der Waals surface area contributed by atoms with Crippen LogP contribution in [0.15, 0.2) is 18.2 Å². The number of ether oxygens (including phenoxy) is 1. The average Bonchev–Trinajstić information content (AvgIpc) is 2.72. The van der Waals surface area contributed by atoms with E-state index in [-0.39, 0.29) is 16.5 Å². The first-order valence-electron chi connectivity index (χ1n) is 11.3. The second-order valence-corrected chi connectivity index (χ2v) is 10.1. The van der Waals surface area contributed by atoms with Crippen molar-refractivity contribution in [1.29, 1.82) is 0 Å². The quantitative estimate of drug-likeness (QED) is 0.543. The number of amides is 1. The highest BCUT2D eigenvalue weighted by Gasteiger charge is 2.51. The van der Waals surface area contributed by atoms with Gasteiger partial charge in [-0.1, -0.05) is 0 Å². The van der Waals surface area contributed by atoms with E-state index in [0.717, 1.165) is 24.3 Å². The first kappa shape index (κ1) is 19.8. The summed E-state index contributed by atoms with van der Waals surface area (Å²) in [6, 6.07) is 4.98. The summed E-state index contributed by atoms with van der Waals surface area (Å²) in [5, 5.41) is 11.9. The lowest BCUT2D eigenvalue weighted by molar-refractivity contribution is -0.384. The Morgan fingerprint density at radius 3 is 2.33 bits per heavy atom. The summed E-state index contributed by atoms with van der Waals surface area (Å²) in [7, 11) is 1.98. The Kier molecular flexibility index (Phi) is 4.96. The fraction of sp³-hybridized carbons (Fsp3) is 0.696. The van der Waals surface area contributed by atoms with Crippen molar-refractivity contribution in [3.05, 3.63) is 33.9 Å². The van der Waals surface area contributed by atoms with Gasteiger partial charge in [-0.05, 0) is 73.8 Å². The molecule has 30 heavy (non-hydrogen) atoms. The van der Waals surface area contributed by atoms with Crippen molar-refractivity contribution < 1.29 is 14.5 Å². The van der Waals surface area contributed by atoms with Crippen molar-refractivity contribution >= 4 is 17.3 Å². The van der Waals surface area contributed by atoms with Gasteiger partial charge in [0.1, 0.15) is 5.69 Å². The molecular weight excluding hydrogens is 382 g/mol. The van der Waals surface area contributed by atoms with Crippen LogP contribution in [-0.2, 0) is 4.74 Å². The molecule has 0 N–H and O–H groups in total. The minimum atomic E-state index is -0.346. The van der Waals surface area contributed by atoms with Gasteiger partial charge in [-0.15, -0.1) is 0 Å². The van der Waals surface area contributed by atoms with E-state index in [1.165, 1.54) is 44.6 Å². The zero-order valence-electron chi connectivity index (χ0n) is 17.7. The SMILES string of the molecule is CN(CC12CC3CC(CC(C3)C1)C2)c1ccc(C(=O)N2CCOCC2)cc1[N+](=O)[O-]. The maximum atomic E-state index is 12.8. The molecule has 1 aliphatic heterocycles. The highest BCUT2D eigenvalue weighted by Crippen LogP contribution is 2.60. The van der Waals surface area contributed by atoms with E-state index in [9.17, 15) is 14.9 Å². The van der Waals surface area contributed by atoms with Crippen molar-refractivity contribution in [1.82, 2.24) is 4.90 Å². The van der Waals surface area contributed by atoms with Gasteiger partial charge in [-0.25, -0.2) is 0 Å². The van der Waals surface area contributed by atoms with E-state index >= 15 is 0 Å². The number of hydrogen-bond donors (Lipinski definition) is 0. The lowest BCUT2D eigenvalue weighted by atomic mass is 9.49. The number of benzene rings is 1. The van der Waals surface area contributed by atoms with Gasteiger partial charge in [0.05, 0.1) is 18.1 Å². The molecule has 0 aromatic heterocycles. The molecule has 1 heterocycles. The Bertz CT molecular complexity index is 814. The zero-order valence-corrected chi connectivity index (χ0v) is 17.7. The third kappa shape index (κ3) is 3.57. The highest BCUT2D eigenvalue weighted by molar-refractivity contribution is 5.95. The monoisotopic (exact) mass is 413 g/mol. The van der Waals surface area contributed by atoms with Crippen LogP contribution < -0.4 is 4.90 Å². The van der Waals surface area contributed by atoms with Crippen LogP contribution in [0, 0.1) is 33.3 Å². The van der Waals surface area contributed by atoms with E-state index < -0.39 is 0 Å². The van der Waals surface area contributed by atoms with E-state index in [1.54, 1.807) is 17.0 Å². The summed E-state index contributed by atoms with van der Waals surface area (Å²) in [6.45, 7) is 2.95. The van der Waals surface area contributed by atoms with Crippen molar-refractivity contribution in [3.8, 4) is 0 Å². The molecule has 5 aliphatic rings. The molecule has 4 aliphatic carbocycles. The zero-order chi connectivity index (χ0) is 20.9. The van der Waals surface area contributed by atoms with Crippen molar-refractivity contribution in [2.24, 2.45) is 23.2 Å². The summed E-state index contributed by atoms with van der Waals surface area (Å²) in [6.07, 6.45) is 7.98. The minimum Gasteiger partial charge on any atom is -0.378 e. The third-order valence-corrected chi connectivity index (χ3v) is 7.87. The van der Waals surface area contributed by atoms with Crippen LogP contribution in [-0.4, -0.2) is 55.6 Å². The van der Waals surface area contributed by atoms with Gasteiger partial charge in [0, 0.05) is 38.3 Å². The molecule has 7 heteroatoms. The van der Waals surface area contributed by atoms with Crippen molar-refractivity contribution in [2.45, 2.75) is 38.5 Å². The molecule has 1 saturated heterocycles. The van der Waals surface area contributed by atoms with Gasteiger partial charge >= 0.3 is 0 Å². The Morgan fingerprint density at radius 1 is 1.17 bits per heavy atom. The lowest BCUT2D eigenvalue weighted by Gasteiger charge is -2.57. The number of anilines is 1. The Balaban J connectivity index is 1.37. The molecule has 0 atom stereocenters. The Hall–Kier alpha value is -2.15. The molecule has 4 bridgehead atoms. The first-order valence-corrected chi connectivity index (χ1v) is 11.3. The van der Waals surface area contributed by atoms with Gasteiger partial charge in [0.15, 0.2) is 0 Å². The van der Waals surface area contributed by atoms with Crippen LogP contribution in [0.2, 0.25) is 0 Å². The predicted molar refractivity (Wildman–Crippen MR) is 114 cm³/mol. The van der Waals surface area contributed by atoms with Crippen LogP contribution in [0.25, 0.3) is 0 Å². The number of nitro groups is 1. The summed E-state index contributed by atoms with van der Waals surface area (Å²) >= 11 is 0. The number of hydrogen-bond acceptors (Lipinski definition) is 5. The molecule has 0 radical (unpaired) electrons. The van der Waals surface area contributed by atoms with Gasteiger partial charge in [-0.2, -0.15) is 0 Å². The number of nitro benzene ring substituents is 1. The smallest absolute Gasteiger partial charge is 0.293 e. The number of morpholine rings is 1. The molecule has 1 aromatic rings. The van der Waals surface area contributed by atoms with Crippen molar-refractivity contribution in [3.63, 3.8) is 0 Å². The van der Waals surface area contributed by atoms with Crippen LogP contribution >= 0.6 is 0 Å². The summed E-state index contributed by atoms with van der Waals surface area (Å²) in [5.41, 5.74) is 1.34. The second-order valence-electron chi connectivity index (χ2n) is 10.1. The summed E-state index contributed by atoms with van der Waals surface area (Å²) in [4.78, 5) is 28.1. The molecule has 1 aromatic carbocycles. The highest BCUT2D eigenvalue weighted by atomic mass is 16.6. The number of nitrogens with zero attached hydrogens (tertiary/aromatic N) is 3. The fourth-order valence-electron chi connectivity index (χ4n) is 7.15. The van der Waals surface area contributed by atoms with Gasteiger partial charge in [0.2, 0.25) is 0 Å². The first-order chi connectivity index (χ1) is 14.4. The van der Waals surface area contributed by atoms with Crippen molar-refractivity contribution in [2.75, 3.05) is 44.8 Å². The molecule has 5 fully saturated rings. The lowest BCUT2D eigenvalue weighted by Crippen LogP contribution is -2.50. The van der Waals surface area contributed by atoms with Gasteiger partial charge in [-0.3, -0.25) is 14.9 Å². The number of carbonyl (C=O) groups is 1. The standard InChI is InChI=1S/C23H31N3O4/c1-24(15-23-12-16-8-17(13-23)10-18(9-16)14-23)20-3-2-19(11-21(20)26(28)29)22(27)25-4-6-30-7-5-25/h2-3,11,16-18H,4-10,12-15H2,1H3. The average molecular weight is 414 g/mol. The predicted octanol–water partition coefficient (Wildman–Crippen LogP) is 3.72. The van der Waals surface area contributed by atoms with E-state index in [0.29, 0.717) is 43.0 Å². The number of rotatable bonds is 5. The summed E-state index contributed by atoms with van der Waals surface area (Å²) < 4.78 is 5.30. The van der Waals surface area contributed by atoms with Crippen LogP contribution in [0.5, 0.6) is 0 Å². The largest absolute Gasteiger partial charge is 0.378 e. The van der Waals surface area contributed by atoms with Gasteiger partial charge < -0.3 is 14.5 Å². The van der Waals surface area contributed by atoms with Crippen LogP contribution in [0.1, 0.15) is 48.9 Å². The molecular formula is C23H31N3O4. The summed E-state index contributed by atoms with van der Waals surface area (Å²) in [5.74, 6) is 2.41. The van der Waals surface area contributed by atoms with Gasteiger partial charge in [0.25, 0.3) is 11.6 Å². The Labute approximate surface area is 177 Å². The van der Waals surface area contributed by atoms with Crippen LogP contribution in [0.4, 0.5) is 11.4 Å². The molecule has 7 nitrogen and oxygen atoms in total. The molecule has 0 spiro atoms. The maximum absolute atomic E-state index is 12.8. The normalized spacial score (nSPS) is 32.3. The molecule has 0 unspecified atom stereocenters.